The van der Waals surface area contributed by atoms with E-state index in [1.54, 1.807) is 12.4 Å². The summed E-state index contributed by atoms with van der Waals surface area (Å²) in [6.07, 6.45) is 6.37. The standard InChI is InChI=1S/C9H11N3O/c13-9-1-3-12(4-2-9)8-5-10-7-11-6-8/h5-7H,1-4H2. The highest BCUT2D eigenvalue weighted by Crippen LogP contribution is 2.15. The van der Waals surface area contributed by atoms with Crippen molar-refractivity contribution in [2.45, 2.75) is 12.8 Å². The van der Waals surface area contributed by atoms with Crippen LogP contribution < -0.4 is 4.90 Å². The minimum absolute atomic E-state index is 0.355. The Hall–Kier alpha value is -1.45. The van der Waals surface area contributed by atoms with Crippen molar-refractivity contribution in [2.24, 2.45) is 0 Å². The van der Waals surface area contributed by atoms with Gasteiger partial charge in [0.2, 0.25) is 0 Å². The average Bonchev–Trinajstić information content (AvgIpc) is 2.20. The van der Waals surface area contributed by atoms with E-state index in [9.17, 15) is 4.79 Å². The van der Waals surface area contributed by atoms with Crippen molar-refractivity contribution in [3.8, 4) is 0 Å². The van der Waals surface area contributed by atoms with E-state index in [0.717, 1.165) is 18.8 Å². The van der Waals surface area contributed by atoms with Gasteiger partial charge in [0.1, 0.15) is 12.1 Å². The van der Waals surface area contributed by atoms with Gasteiger partial charge in [0.05, 0.1) is 18.1 Å². The summed E-state index contributed by atoms with van der Waals surface area (Å²) in [5.41, 5.74) is 1.01. The van der Waals surface area contributed by atoms with Gasteiger partial charge in [-0.25, -0.2) is 9.97 Å². The summed E-state index contributed by atoms with van der Waals surface area (Å²) in [6.45, 7) is 1.60. The molecule has 0 saturated carbocycles. The number of hydrogen-bond donors (Lipinski definition) is 0. The Morgan fingerprint density at radius 3 is 2.38 bits per heavy atom. The Morgan fingerprint density at radius 1 is 1.15 bits per heavy atom. The van der Waals surface area contributed by atoms with Crippen LogP contribution in [0.15, 0.2) is 18.7 Å². The Kier molecular flexibility index (Phi) is 2.21. The van der Waals surface area contributed by atoms with Crippen LogP contribution >= 0.6 is 0 Å². The number of ketones is 1. The molecule has 2 rings (SSSR count). The van der Waals surface area contributed by atoms with Gasteiger partial charge in [0.25, 0.3) is 0 Å². The molecule has 2 heterocycles. The molecule has 0 atom stereocenters. The first-order valence-corrected chi connectivity index (χ1v) is 4.38. The fraction of sp³-hybridized carbons (Fsp3) is 0.444. The number of Topliss-reactive ketones (excluding diaryl/α,β-unsaturated/α-hetero) is 1. The van der Waals surface area contributed by atoms with Crippen molar-refractivity contribution in [1.82, 2.24) is 9.97 Å². The number of aromatic nitrogens is 2. The molecular formula is C9H11N3O. The van der Waals surface area contributed by atoms with Crippen molar-refractivity contribution >= 4 is 11.5 Å². The van der Waals surface area contributed by atoms with E-state index >= 15 is 0 Å². The van der Waals surface area contributed by atoms with Gasteiger partial charge in [-0.3, -0.25) is 4.79 Å². The molecule has 4 nitrogen and oxygen atoms in total. The highest BCUT2D eigenvalue weighted by atomic mass is 16.1. The summed E-state index contributed by atoms with van der Waals surface area (Å²) >= 11 is 0. The number of rotatable bonds is 1. The smallest absolute Gasteiger partial charge is 0.136 e. The summed E-state index contributed by atoms with van der Waals surface area (Å²) in [6, 6.07) is 0. The predicted octanol–water partition coefficient (Wildman–Crippen LogP) is 0.646. The monoisotopic (exact) mass is 177 g/mol. The second kappa shape index (κ2) is 3.51. The maximum absolute atomic E-state index is 11.0. The first kappa shape index (κ1) is 8.16. The van der Waals surface area contributed by atoms with Crippen LogP contribution in [0, 0.1) is 0 Å². The molecule has 0 bridgehead atoms. The normalized spacial score (nSPS) is 17.5. The molecule has 13 heavy (non-hydrogen) atoms. The van der Waals surface area contributed by atoms with Gasteiger partial charge in [-0.15, -0.1) is 0 Å². The molecule has 1 aromatic rings. The molecule has 1 saturated heterocycles. The maximum atomic E-state index is 11.0. The highest BCUT2D eigenvalue weighted by Gasteiger charge is 2.16. The van der Waals surface area contributed by atoms with Gasteiger partial charge in [-0.05, 0) is 0 Å². The van der Waals surface area contributed by atoms with Crippen molar-refractivity contribution in [1.29, 1.82) is 0 Å². The lowest BCUT2D eigenvalue weighted by Gasteiger charge is -2.27. The largest absolute Gasteiger partial charge is 0.368 e. The van der Waals surface area contributed by atoms with Crippen LogP contribution in [0.2, 0.25) is 0 Å². The topological polar surface area (TPSA) is 46.1 Å². The van der Waals surface area contributed by atoms with Gasteiger partial charge >= 0.3 is 0 Å². The Morgan fingerprint density at radius 2 is 1.77 bits per heavy atom. The van der Waals surface area contributed by atoms with Gasteiger partial charge in [-0.2, -0.15) is 0 Å². The summed E-state index contributed by atoms with van der Waals surface area (Å²) in [7, 11) is 0. The molecule has 0 aromatic carbocycles. The number of carbonyl (C=O) groups excluding carboxylic acids is 1. The first-order valence-electron chi connectivity index (χ1n) is 4.38. The first-order chi connectivity index (χ1) is 6.36. The Balaban J connectivity index is 2.07. The third kappa shape index (κ3) is 1.83. The third-order valence-electron chi connectivity index (χ3n) is 2.23. The zero-order chi connectivity index (χ0) is 9.10. The molecule has 1 fully saturated rings. The van der Waals surface area contributed by atoms with Crippen molar-refractivity contribution in [3.05, 3.63) is 18.7 Å². The zero-order valence-electron chi connectivity index (χ0n) is 7.31. The predicted molar refractivity (Wildman–Crippen MR) is 48.5 cm³/mol. The van der Waals surface area contributed by atoms with E-state index in [-0.39, 0.29) is 0 Å². The summed E-state index contributed by atoms with van der Waals surface area (Å²) < 4.78 is 0. The fourth-order valence-corrected chi connectivity index (χ4v) is 1.47. The molecule has 0 aliphatic carbocycles. The van der Waals surface area contributed by atoms with E-state index in [1.165, 1.54) is 6.33 Å². The van der Waals surface area contributed by atoms with E-state index < -0.39 is 0 Å². The summed E-state index contributed by atoms with van der Waals surface area (Å²) in [4.78, 5) is 21.0. The van der Waals surface area contributed by atoms with Gasteiger partial charge in [0, 0.05) is 25.9 Å². The van der Waals surface area contributed by atoms with Crippen LogP contribution in [0.3, 0.4) is 0 Å². The second-order valence-corrected chi connectivity index (χ2v) is 3.12. The van der Waals surface area contributed by atoms with Crippen molar-refractivity contribution in [2.75, 3.05) is 18.0 Å². The number of piperidine rings is 1. The van der Waals surface area contributed by atoms with Crippen molar-refractivity contribution in [3.63, 3.8) is 0 Å². The molecular weight excluding hydrogens is 166 g/mol. The van der Waals surface area contributed by atoms with E-state index in [1.807, 2.05) is 0 Å². The molecule has 0 radical (unpaired) electrons. The minimum atomic E-state index is 0.355. The highest BCUT2D eigenvalue weighted by molar-refractivity contribution is 5.80. The molecule has 0 N–H and O–H groups in total. The Bertz CT molecular complexity index is 289. The van der Waals surface area contributed by atoms with Gasteiger partial charge in [-0.1, -0.05) is 0 Å². The molecule has 1 aliphatic rings. The lowest BCUT2D eigenvalue weighted by atomic mass is 10.1. The quantitative estimate of drug-likeness (QED) is 0.631. The van der Waals surface area contributed by atoms with E-state index in [4.69, 9.17) is 0 Å². The number of nitrogens with zero attached hydrogens (tertiary/aromatic N) is 3. The minimum Gasteiger partial charge on any atom is -0.368 e. The Labute approximate surface area is 76.6 Å². The average molecular weight is 177 g/mol. The zero-order valence-corrected chi connectivity index (χ0v) is 7.31. The van der Waals surface area contributed by atoms with Gasteiger partial charge in [0.15, 0.2) is 0 Å². The van der Waals surface area contributed by atoms with Crippen LogP contribution in [0.5, 0.6) is 0 Å². The second-order valence-electron chi connectivity index (χ2n) is 3.12. The molecule has 0 spiro atoms. The molecule has 68 valence electrons. The van der Waals surface area contributed by atoms with Crippen LogP contribution in [-0.2, 0) is 4.79 Å². The fourth-order valence-electron chi connectivity index (χ4n) is 1.47. The SMILES string of the molecule is O=C1CCN(c2cncnc2)CC1. The molecule has 0 unspecified atom stereocenters. The molecule has 4 heteroatoms. The van der Waals surface area contributed by atoms with E-state index in [2.05, 4.69) is 14.9 Å². The number of anilines is 1. The number of hydrogen-bond acceptors (Lipinski definition) is 4. The van der Waals surface area contributed by atoms with Crippen LogP contribution in [0.1, 0.15) is 12.8 Å². The molecule has 1 aliphatic heterocycles. The lowest BCUT2D eigenvalue weighted by Crippen LogP contribution is -2.33. The number of carbonyl (C=O) groups is 1. The summed E-state index contributed by atoms with van der Waals surface area (Å²) in [5.74, 6) is 0.355. The van der Waals surface area contributed by atoms with Crippen molar-refractivity contribution < 1.29 is 4.79 Å². The van der Waals surface area contributed by atoms with Crippen LogP contribution in [-0.4, -0.2) is 28.8 Å². The third-order valence-corrected chi connectivity index (χ3v) is 2.23. The van der Waals surface area contributed by atoms with Crippen LogP contribution in [0.25, 0.3) is 0 Å². The summed E-state index contributed by atoms with van der Waals surface area (Å²) in [5, 5.41) is 0. The van der Waals surface area contributed by atoms with Gasteiger partial charge < -0.3 is 4.90 Å². The molecule has 0 amide bonds. The van der Waals surface area contributed by atoms with E-state index in [0.29, 0.717) is 18.6 Å². The lowest BCUT2D eigenvalue weighted by molar-refractivity contribution is -0.119. The van der Waals surface area contributed by atoms with Crippen LogP contribution in [0.4, 0.5) is 5.69 Å². The maximum Gasteiger partial charge on any atom is 0.136 e. The molecule has 1 aromatic heterocycles.